The third-order valence-corrected chi connectivity index (χ3v) is 6.28. The lowest BCUT2D eigenvalue weighted by molar-refractivity contribution is -0.124. The number of hydrogen-bond acceptors (Lipinski definition) is 2. The van der Waals surface area contributed by atoms with Gasteiger partial charge in [-0.05, 0) is 44.6 Å². The first-order valence-electron chi connectivity index (χ1n) is 7.25. The molecule has 5 aliphatic rings. The number of fused-ring (bicyclic) bond motifs is 5. The van der Waals surface area contributed by atoms with Crippen molar-refractivity contribution in [2.45, 2.75) is 38.5 Å². The third kappa shape index (κ3) is 0.741. The van der Waals surface area contributed by atoms with Gasteiger partial charge in [0.2, 0.25) is 0 Å². The zero-order valence-electron chi connectivity index (χ0n) is 10.4. The van der Waals surface area contributed by atoms with Crippen LogP contribution in [0.15, 0.2) is 22.8 Å². The Balaban J connectivity index is 1.80. The number of allylic oxidation sites excluding steroid dienone is 4. The van der Waals surface area contributed by atoms with Crippen LogP contribution in [0.4, 0.5) is 0 Å². The topological polar surface area (TPSA) is 34.1 Å². The van der Waals surface area contributed by atoms with E-state index in [9.17, 15) is 9.59 Å². The molecule has 0 aromatic heterocycles. The second-order valence-corrected chi connectivity index (χ2v) is 6.66. The monoisotopic (exact) mass is 240 g/mol. The summed E-state index contributed by atoms with van der Waals surface area (Å²) in [4.78, 5) is 25.0. The smallest absolute Gasteiger partial charge is 0.160 e. The molecule has 0 aliphatic heterocycles. The van der Waals surface area contributed by atoms with E-state index in [-0.39, 0.29) is 29.0 Å². The van der Waals surface area contributed by atoms with Gasteiger partial charge in [0.05, 0.1) is 5.92 Å². The van der Waals surface area contributed by atoms with E-state index in [0.29, 0.717) is 5.78 Å². The fraction of sp³-hybridized carbons (Fsp3) is 0.625. The average molecular weight is 240 g/mol. The fourth-order valence-corrected chi connectivity index (χ4v) is 5.94. The van der Waals surface area contributed by atoms with Crippen molar-refractivity contribution in [3.63, 3.8) is 0 Å². The van der Waals surface area contributed by atoms with Gasteiger partial charge in [0.1, 0.15) is 5.78 Å². The molecule has 5 aliphatic carbocycles. The summed E-state index contributed by atoms with van der Waals surface area (Å²) >= 11 is 0. The molecule has 0 aromatic rings. The van der Waals surface area contributed by atoms with Gasteiger partial charge in [-0.15, -0.1) is 0 Å². The van der Waals surface area contributed by atoms with Crippen molar-refractivity contribution in [1.82, 2.24) is 0 Å². The summed E-state index contributed by atoms with van der Waals surface area (Å²) in [5.41, 5.74) is 4.15. The second-order valence-electron chi connectivity index (χ2n) is 6.66. The molecule has 0 heterocycles. The van der Waals surface area contributed by atoms with Gasteiger partial charge in [-0.2, -0.15) is 0 Å². The van der Waals surface area contributed by atoms with Crippen molar-refractivity contribution in [3.8, 4) is 0 Å². The van der Waals surface area contributed by atoms with Crippen molar-refractivity contribution < 1.29 is 9.59 Å². The van der Waals surface area contributed by atoms with Gasteiger partial charge < -0.3 is 0 Å². The predicted octanol–water partition coefficient (Wildman–Crippen LogP) is 2.59. The van der Waals surface area contributed by atoms with E-state index >= 15 is 0 Å². The molecular weight excluding hydrogens is 224 g/mol. The number of ketones is 2. The van der Waals surface area contributed by atoms with Crippen LogP contribution in [0, 0.1) is 23.2 Å². The Hall–Kier alpha value is -1.18. The zero-order valence-corrected chi connectivity index (χ0v) is 10.4. The lowest BCUT2D eigenvalue weighted by atomic mass is 9.64. The van der Waals surface area contributed by atoms with Crippen LogP contribution in [-0.4, -0.2) is 11.6 Å². The molecular formula is C16H16O2. The normalized spacial score (nSPS) is 47.8. The van der Waals surface area contributed by atoms with Crippen molar-refractivity contribution >= 4 is 11.6 Å². The summed E-state index contributed by atoms with van der Waals surface area (Å²) in [5, 5.41) is 0. The molecule has 2 bridgehead atoms. The molecule has 5 rings (SSSR count). The molecule has 18 heavy (non-hydrogen) atoms. The number of hydrogen-bond donors (Lipinski definition) is 0. The summed E-state index contributed by atoms with van der Waals surface area (Å²) in [7, 11) is 0. The van der Waals surface area contributed by atoms with Crippen LogP contribution >= 0.6 is 0 Å². The van der Waals surface area contributed by atoms with Crippen LogP contribution in [0.5, 0.6) is 0 Å². The molecule has 0 saturated heterocycles. The van der Waals surface area contributed by atoms with Gasteiger partial charge in [0.15, 0.2) is 5.78 Å². The van der Waals surface area contributed by atoms with Crippen LogP contribution in [0.25, 0.3) is 0 Å². The molecule has 2 heteroatoms. The maximum Gasteiger partial charge on any atom is 0.160 e. The predicted molar refractivity (Wildman–Crippen MR) is 65.7 cm³/mol. The standard InChI is InChI=1S/C16H16O2/c17-11-7-8-3-2-6-16(8)13-10-5-1-4-9(10)12(14(11)16)15(13)18/h7,12-14H,1-6H2. The number of Topliss-reactive ketones (excluding diaryl/α,β-unsaturated/α-hetero) is 1. The van der Waals surface area contributed by atoms with Crippen molar-refractivity contribution in [1.29, 1.82) is 0 Å². The first-order chi connectivity index (χ1) is 8.75. The Morgan fingerprint density at radius 1 is 1.06 bits per heavy atom. The Labute approximate surface area is 106 Å². The molecule has 92 valence electrons. The maximum atomic E-state index is 12.7. The molecule has 4 atom stereocenters. The number of carbonyl (C=O) groups is 2. The highest BCUT2D eigenvalue weighted by atomic mass is 16.1. The first kappa shape index (κ1) is 9.71. The van der Waals surface area contributed by atoms with Crippen LogP contribution in [-0.2, 0) is 9.59 Å². The minimum atomic E-state index is -0.0258. The van der Waals surface area contributed by atoms with E-state index in [1.54, 1.807) is 0 Å². The van der Waals surface area contributed by atoms with Crippen LogP contribution in [0.1, 0.15) is 38.5 Å². The summed E-state index contributed by atoms with van der Waals surface area (Å²) in [6.45, 7) is 0. The molecule has 2 saturated carbocycles. The summed E-state index contributed by atoms with van der Waals surface area (Å²) in [5.74, 6) is 0.802. The van der Waals surface area contributed by atoms with Gasteiger partial charge in [-0.25, -0.2) is 0 Å². The van der Waals surface area contributed by atoms with Gasteiger partial charge in [-0.3, -0.25) is 9.59 Å². The maximum absolute atomic E-state index is 12.7. The van der Waals surface area contributed by atoms with E-state index in [2.05, 4.69) is 0 Å². The molecule has 0 radical (unpaired) electrons. The van der Waals surface area contributed by atoms with Gasteiger partial charge in [0.25, 0.3) is 0 Å². The lowest BCUT2D eigenvalue weighted by Gasteiger charge is -2.37. The average Bonchev–Trinajstić information content (AvgIpc) is 3.04. The Morgan fingerprint density at radius 3 is 2.78 bits per heavy atom. The minimum absolute atomic E-state index is 0.00755. The van der Waals surface area contributed by atoms with Crippen molar-refractivity contribution in [3.05, 3.63) is 22.8 Å². The van der Waals surface area contributed by atoms with Crippen molar-refractivity contribution in [2.75, 3.05) is 0 Å². The summed E-state index contributed by atoms with van der Waals surface area (Å²) in [6.07, 6.45) is 8.64. The highest BCUT2D eigenvalue weighted by Gasteiger charge is 2.71. The largest absolute Gasteiger partial charge is 0.298 e. The number of rotatable bonds is 0. The molecule has 0 amide bonds. The number of carbonyl (C=O) groups excluding carboxylic acids is 2. The van der Waals surface area contributed by atoms with Crippen LogP contribution < -0.4 is 0 Å². The first-order valence-corrected chi connectivity index (χ1v) is 7.25. The SMILES string of the molecule is O=C1C2C3=C(CCC3)C1C13CCCC1=CC(=O)C23. The van der Waals surface area contributed by atoms with E-state index < -0.39 is 0 Å². The van der Waals surface area contributed by atoms with E-state index in [4.69, 9.17) is 0 Å². The van der Waals surface area contributed by atoms with Crippen LogP contribution in [0.3, 0.4) is 0 Å². The van der Waals surface area contributed by atoms with Crippen LogP contribution in [0.2, 0.25) is 0 Å². The Morgan fingerprint density at radius 2 is 1.89 bits per heavy atom. The second kappa shape index (κ2) is 2.71. The third-order valence-electron chi connectivity index (χ3n) is 6.28. The Kier molecular flexibility index (Phi) is 1.46. The van der Waals surface area contributed by atoms with Gasteiger partial charge in [-0.1, -0.05) is 16.7 Å². The van der Waals surface area contributed by atoms with Crippen molar-refractivity contribution in [2.24, 2.45) is 23.2 Å². The van der Waals surface area contributed by atoms with E-state index in [1.807, 2.05) is 6.08 Å². The molecule has 1 spiro atoms. The highest BCUT2D eigenvalue weighted by molar-refractivity contribution is 6.09. The fourth-order valence-electron chi connectivity index (χ4n) is 5.94. The zero-order chi connectivity index (χ0) is 12.1. The Bertz CT molecular complexity index is 580. The molecule has 0 N–H and O–H groups in total. The molecule has 0 aromatic carbocycles. The minimum Gasteiger partial charge on any atom is -0.298 e. The van der Waals surface area contributed by atoms with Gasteiger partial charge >= 0.3 is 0 Å². The van der Waals surface area contributed by atoms with Gasteiger partial charge in [0, 0.05) is 17.3 Å². The van der Waals surface area contributed by atoms with E-state index in [1.165, 1.54) is 29.6 Å². The molecule has 4 unspecified atom stereocenters. The summed E-state index contributed by atoms with van der Waals surface area (Å²) < 4.78 is 0. The molecule has 2 fully saturated rings. The molecule has 2 nitrogen and oxygen atoms in total. The quantitative estimate of drug-likeness (QED) is 0.610. The van der Waals surface area contributed by atoms with E-state index in [0.717, 1.165) is 25.7 Å². The highest BCUT2D eigenvalue weighted by Crippen LogP contribution is 2.72. The lowest BCUT2D eigenvalue weighted by Crippen LogP contribution is -2.35. The summed E-state index contributed by atoms with van der Waals surface area (Å²) in [6, 6.07) is 0.